The van der Waals surface area contributed by atoms with E-state index in [1.807, 2.05) is 6.92 Å². The number of piperidine rings is 1. The molecule has 3 atom stereocenters. The maximum atomic E-state index is 13.3. The third kappa shape index (κ3) is 3.82. The Hall–Kier alpha value is -4.40. The van der Waals surface area contributed by atoms with Gasteiger partial charge in [-0.25, -0.2) is 13.9 Å². The van der Waals surface area contributed by atoms with Crippen LogP contribution in [0.5, 0.6) is 0 Å². The molecule has 188 valence electrons. The zero-order valence-corrected chi connectivity index (χ0v) is 19.9. The Bertz CT molecular complexity index is 1300. The van der Waals surface area contributed by atoms with Gasteiger partial charge in [0.05, 0.1) is 12.1 Å². The van der Waals surface area contributed by atoms with Gasteiger partial charge in [0.1, 0.15) is 16.8 Å². The maximum absolute atomic E-state index is 13.3. The average molecular weight is 495 g/mol. The summed E-state index contributed by atoms with van der Waals surface area (Å²) in [4.78, 5) is 25.9. The van der Waals surface area contributed by atoms with Gasteiger partial charge in [-0.05, 0) is 50.1 Å². The number of anilines is 2. The number of rotatable bonds is 7. The number of benzene rings is 1. The van der Waals surface area contributed by atoms with E-state index in [1.165, 1.54) is 50.9 Å². The molecule has 4 rings (SSSR count). The van der Waals surface area contributed by atoms with E-state index >= 15 is 0 Å². The van der Waals surface area contributed by atoms with Crippen molar-refractivity contribution >= 4 is 23.5 Å². The molecular weight excluding hydrogens is 467 g/mol. The number of nitriles is 1. The standard InChI is InChI=1S/C24H27FN8O3/c1-3-10-24(15-26)19(9-13-31(22(35)36)23(24,2)33-12-4-11-28-33)32-14-18(20(27)34)21(30-32)29-17-7-5-16(25)6-8-17/h4-8,11-12,14,19H,3,9-10,13H2,1-2H3,(H2,27,34)(H,29,30)(H,35,36). The van der Waals surface area contributed by atoms with E-state index in [0.717, 1.165) is 0 Å². The highest BCUT2D eigenvalue weighted by molar-refractivity contribution is 5.98. The molecule has 3 heterocycles. The molecule has 36 heavy (non-hydrogen) atoms. The van der Waals surface area contributed by atoms with Gasteiger partial charge >= 0.3 is 6.09 Å². The summed E-state index contributed by atoms with van der Waals surface area (Å²) in [5, 5.41) is 32.7. The highest BCUT2D eigenvalue weighted by atomic mass is 19.1. The van der Waals surface area contributed by atoms with Gasteiger partial charge in [0, 0.05) is 30.8 Å². The molecular formula is C24H27FN8O3. The molecule has 0 spiro atoms. The Labute approximate surface area is 206 Å². The Morgan fingerprint density at radius 1 is 1.36 bits per heavy atom. The van der Waals surface area contributed by atoms with E-state index in [1.54, 1.807) is 19.2 Å². The van der Waals surface area contributed by atoms with Crippen molar-refractivity contribution in [3.8, 4) is 6.07 Å². The van der Waals surface area contributed by atoms with Gasteiger partial charge in [0.2, 0.25) is 0 Å². The predicted molar refractivity (Wildman–Crippen MR) is 128 cm³/mol. The van der Waals surface area contributed by atoms with Crippen LogP contribution in [0.4, 0.5) is 20.7 Å². The SMILES string of the molecule is CCCC1(C#N)C(n2cc(C(N)=O)c(Nc3ccc(F)cc3)n2)CCN(C(=O)O)C1(C)n1cccn1. The lowest BCUT2D eigenvalue weighted by Gasteiger charge is -2.56. The molecule has 0 saturated carbocycles. The second kappa shape index (κ2) is 9.33. The molecule has 2 amide bonds. The minimum absolute atomic E-state index is 0.0871. The molecule has 0 aliphatic carbocycles. The molecule has 2 aromatic heterocycles. The molecule has 1 saturated heterocycles. The van der Waals surface area contributed by atoms with Crippen LogP contribution in [0, 0.1) is 22.6 Å². The van der Waals surface area contributed by atoms with E-state index in [-0.39, 0.29) is 24.3 Å². The van der Waals surface area contributed by atoms with Crippen molar-refractivity contribution in [2.24, 2.45) is 11.1 Å². The second-order valence-corrected chi connectivity index (χ2v) is 8.91. The smallest absolute Gasteiger partial charge is 0.409 e. The molecule has 3 aromatic rings. The van der Waals surface area contributed by atoms with Crippen molar-refractivity contribution < 1.29 is 19.1 Å². The molecule has 12 heteroatoms. The van der Waals surface area contributed by atoms with Crippen molar-refractivity contribution in [2.75, 3.05) is 11.9 Å². The van der Waals surface area contributed by atoms with Crippen LogP contribution >= 0.6 is 0 Å². The normalized spacial score (nSPS) is 23.7. The van der Waals surface area contributed by atoms with Gasteiger partial charge in [-0.15, -0.1) is 0 Å². The second-order valence-electron chi connectivity index (χ2n) is 8.91. The zero-order valence-electron chi connectivity index (χ0n) is 19.9. The van der Waals surface area contributed by atoms with E-state index in [9.17, 15) is 24.3 Å². The summed E-state index contributed by atoms with van der Waals surface area (Å²) in [6, 6.07) is 9.02. The number of hydrogen-bond acceptors (Lipinski definition) is 6. The lowest BCUT2D eigenvalue weighted by Crippen LogP contribution is -2.66. The maximum Gasteiger partial charge on any atom is 0.409 e. The van der Waals surface area contributed by atoms with Gasteiger partial charge < -0.3 is 16.2 Å². The van der Waals surface area contributed by atoms with Gasteiger partial charge in [-0.3, -0.25) is 14.4 Å². The number of nitrogens with two attached hydrogens (primary N) is 1. The van der Waals surface area contributed by atoms with Gasteiger partial charge in [0.25, 0.3) is 5.91 Å². The number of nitrogens with zero attached hydrogens (tertiary/aromatic N) is 6. The summed E-state index contributed by atoms with van der Waals surface area (Å²) < 4.78 is 16.4. The van der Waals surface area contributed by atoms with E-state index < -0.39 is 34.9 Å². The first-order valence-electron chi connectivity index (χ1n) is 11.5. The fourth-order valence-electron chi connectivity index (χ4n) is 5.29. The molecule has 1 aromatic carbocycles. The third-order valence-electron chi connectivity index (χ3n) is 7.01. The molecule has 11 nitrogen and oxygen atoms in total. The first kappa shape index (κ1) is 24.7. The van der Waals surface area contributed by atoms with Crippen molar-refractivity contribution in [2.45, 2.75) is 44.8 Å². The summed E-state index contributed by atoms with van der Waals surface area (Å²) in [7, 11) is 0. The van der Waals surface area contributed by atoms with E-state index in [0.29, 0.717) is 18.5 Å². The van der Waals surface area contributed by atoms with Crippen LogP contribution in [0.25, 0.3) is 0 Å². The Kier molecular flexibility index (Phi) is 6.41. The number of nitrogens with one attached hydrogen (secondary N) is 1. The summed E-state index contributed by atoms with van der Waals surface area (Å²) in [6.45, 7) is 3.71. The number of amides is 2. The van der Waals surface area contributed by atoms with Crippen LogP contribution in [0.2, 0.25) is 0 Å². The minimum Gasteiger partial charge on any atom is -0.465 e. The number of aromatic nitrogens is 4. The average Bonchev–Trinajstić information content (AvgIpc) is 3.52. The molecule has 1 aliphatic rings. The van der Waals surface area contributed by atoms with Crippen molar-refractivity contribution in [1.82, 2.24) is 24.5 Å². The zero-order chi connectivity index (χ0) is 26.1. The summed E-state index contributed by atoms with van der Waals surface area (Å²) in [6.07, 6.45) is 4.67. The minimum atomic E-state index is -1.38. The lowest BCUT2D eigenvalue weighted by atomic mass is 9.64. The van der Waals surface area contributed by atoms with E-state index in [4.69, 9.17) is 5.73 Å². The number of likely N-dealkylation sites (tertiary alicyclic amines) is 1. The number of carbonyl (C=O) groups is 2. The summed E-state index contributed by atoms with van der Waals surface area (Å²) in [5.41, 5.74) is 3.53. The molecule has 4 N–H and O–H groups in total. The lowest BCUT2D eigenvalue weighted by molar-refractivity contribution is -0.115. The van der Waals surface area contributed by atoms with Gasteiger partial charge in [-0.2, -0.15) is 15.5 Å². The molecule has 1 aliphatic heterocycles. The monoisotopic (exact) mass is 494 g/mol. The first-order chi connectivity index (χ1) is 17.2. The van der Waals surface area contributed by atoms with Crippen LogP contribution in [0.15, 0.2) is 48.9 Å². The Morgan fingerprint density at radius 2 is 2.08 bits per heavy atom. The van der Waals surface area contributed by atoms with E-state index in [2.05, 4.69) is 21.6 Å². The van der Waals surface area contributed by atoms with Crippen LogP contribution in [0.1, 0.15) is 49.5 Å². The van der Waals surface area contributed by atoms with Crippen LogP contribution < -0.4 is 11.1 Å². The molecule has 3 unspecified atom stereocenters. The fourth-order valence-corrected chi connectivity index (χ4v) is 5.29. The van der Waals surface area contributed by atoms with Crippen molar-refractivity contribution in [1.29, 1.82) is 5.26 Å². The highest BCUT2D eigenvalue weighted by Crippen LogP contribution is 2.55. The van der Waals surface area contributed by atoms with Crippen molar-refractivity contribution in [3.05, 3.63) is 60.3 Å². The number of carboxylic acid groups (broad SMARTS) is 1. The summed E-state index contributed by atoms with van der Waals surface area (Å²) in [5.74, 6) is -0.997. The van der Waals surface area contributed by atoms with Crippen molar-refractivity contribution in [3.63, 3.8) is 0 Å². The number of carbonyl (C=O) groups excluding carboxylic acids is 1. The Balaban J connectivity index is 1.86. The van der Waals surface area contributed by atoms with Gasteiger partial charge in [0.15, 0.2) is 11.5 Å². The molecule has 1 fully saturated rings. The molecule has 0 bridgehead atoms. The number of primary amides is 1. The largest absolute Gasteiger partial charge is 0.465 e. The van der Waals surface area contributed by atoms with Crippen LogP contribution in [0.3, 0.4) is 0 Å². The predicted octanol–water partition coefficient (Wildman–Crippen LogP) is 3.67. The van der Waals surface area contributed by atoms with Gasteiger partial charge in [-0.1, -0.05) is 13.3 Å². The van der Waals surface area contributed by atoms with Crippen LogP contribution in [-0.4, -0.2) is 48.1 Å². The van der Waals surface area contributed by atoms with Crippen LogP contribution in [-0.2, 0) is 5.66 Å². The third-order valence-corrected chi connectivity index (χ3v) is 7.01. The molecule has 0 radical (unpaired) electrons. The number of halogens is 1. The first-order valence-corrected chi connectivity index (χ1v) is 11.5. The topological polar surface area (TPSA) is 155 Å². The number of hydrogen-bond donors (Lipinski definition) is 3. The highest BCUT2D eigenvalue weighted by Gasteiger charge is 2.63. The summed E-state index contributed by atoms with van der Waals surface area (Å²) >= 11 is 0. The fraction of sp³-hybridized carbons (Fsp3) is 0.375. The Morgan fingerprint density at radius 3 is 2.64 bits per heavy atom. The quantitative estimate of drug-likeness (QED) is 0.452.